The Labute approximate surface area is 106 Å². The number of nitrogens with one attached hydrogen (secondary N) is 1. The molecule has 0 aromatic carbocycles. The summed E-state index contributed by atoms with van der Waals surface area (Å²) in [5.41, 5.74) is 2.30. The van der Waals surface area contributed by atoms with Gasteiger partial charge in [0.05, 0.1) is 0 Å². The van der Waals surface area contributed by atoms with Crippen molar-refractivity contribution in [2.24, 2.45) is 5.84 Å². The maximum Gasteiger partial charge on any atom is 0.209 e. The Morgan fingerprint density at radius 3 is 2.50 bits per heavy atom. The van der Waals surface area contributed by atoms with E-state index in [0.717, 1.165) is 26.2 Å². The van der Waals surface area contributed by atoms with Crippen molar-refractivity contribution >= 4 is 11.6 Å². The number of piperazine rings is 1. The van der Waals surface area contributed by atoms with E-state index in [4.69, 9.17) is 5.84 Å². The molecule has 100 valence electrons. The fourth-order valence-electron chi connectivity index (χ4n) is 1.96. The molecule has 0 amide bonds. The van der Waals surface area contributed by atoms with E-state index in [9.17, 15) is 4.39 Å². The fourth-order valence-corrected chi connectivity index (χ4v) is 1.96. The molecule has 1 aliphatic rings. The quantitative estimate of drug-likeness (QED) is 0.594. The van der Waals surface area contributed by atoms with Gasteiger partial charge in [-0.15, -0.1) is 0 Å². The number of likely N-dealkylation sites (N-methyl/N-ethyl adjacent to an activating group) is 1. The lowest BCUT2D eigenvalue weighted by Gasteiger charge is -2.33. The number of rotatable bonds is 3. The molecule has 18 heavy (non-hydrogen) atoms. The molecule has 2 rings (SSSR count). The molecule has 1 fully saturated rings. The van der Waals surface area contributed by atoms with Crippen LogP contribution in [0.15, 0.2) is 0 Å². The largest absolute Gasteiger partial charge is 0.351 e. The second-order valence-corrected chi connectivity index (χ2v) is 4.41. The molecular weight excluding hydrogens is 235 g/mol. The number of nitrogens with zero attached hydrogens (tertiary/aromatic N) is 4. The summed E-state index contributed by atoms with van der Waals surface area (Å²) >= 11 is 0. The third-order valence-corrected chi connectivity index (χ3v) is 3.14. The number of nitrogens with two attached hydrogens (primary N) is 1. The highest BCUT2D eigenvalue weighted by molar-refractivity contribution is 5.51. The molecule has 0 spiro atoms. The first kappa shape index (κ1) is 13.0. The molecule has 2 heterocycles. The number of hydrazine groups is 1. The van der Waals surface area contributed by atoms with Crippen molar-refractivity contribution in [2.75, 3.05) is 43.6 Å². The molecule has 0 saturated carbocycles. The lowest BCUT2D eigenvalue weighted by atomic mass is 10.3. The Hall–Kier alpha value is -1.47. The van der Waals surface area contributed by atoms with E-state index >= 15 is 0 Å². The minimum Gasteiger partial charge on any atom is -0.351 e. The molecule has 0 bridgehead atoms. The zero-order chi connectivity index (χ0) is 13.1. The van der Waals surface area contributed by atoms with Crippen LogP contribution in [0.4, 0.5) is 16.0 Å². The molecular formula is C11H19FN6. The predicted octanol–water partition coefficient (Wildman–Crippen LogP) is 0.216. The van der Waals surface area contributed by atoms with Crippen LogP contribution in [-0.4, -0.2) is 48.1 Å². The van der Waals surface area contributed by atoms with Gasteiger partial charge in [-0.2, -0.15) is 4.39 Å². The zero-order valence-electron chi connectivity index (χ0n) is 10.8. The molecule has 1 saturated heterocycles. The molecule has 3 N–H and O–H groups in total. The van der Waals surface area contributed by atoms with Crippen molar-refractivity contribution < 1.29 is 4.39 Å². The number of anilines is 2. The normalized spacial score (nSPS) is 17.0. The standard InChI is InChI=1S/C11H19FN6/c1-3-8-14-10(16-13)9(12)11(15-8)18-6-4-17(2)5-7-18/h3-7,13H2,1-2H3,(H,14,15,16). The number of halogens is 1. The average Bonchev–Trinajstić information content (AvgIpc) is 2.40. The Bertz CT molecular complexity index is 416. The van der Waals surface area contributed by atoms with Gasteiger partial charge in [0, 0.05) is 32.6 Å². The molecule has 0 unspecified atom stereocenters. The van der Waals surface area contributed by atoms with E-state index in [1.807, 2.05) is 11.8 Å². The molecule has 7 heteroatoms. The molecule has 0 atom stereocenters. The van der Waals surface area contributed by atoms with Gasteiger partial charge in [-0.3, -0.25) is 0 Å². The summed E-state index contributed by atoms with van der Waals surface area (Å²) in [7, 11) is 2.05. The lowest BCUT2D eigenvalue weighted by Crippen LogP contribution is -2.45. The molecule has 1 aromatic rings. The fraction of sp³-hybridized carbons (Fsp3) is 0.636. The Morgan fingerprint density at radius 2 is 1.94 bits per heavy atom. The summed E-state index contributed by atoms with van der Waals surface area (Å²) in [6.45, 7) is 5.25. The third-order valence-electron chi connectivity index (χ3n) is 3.14. The van der Waals surface area contributed by atoms with Crippen LogP contribution in [0, 0.1) is 5.82 Å². The van der Waals surface area contributed by atoms with Crippen LogP contribution in [0.3, 0.4) is 0 Å². The van der Waals surface area contributed by atoms with E-state index in [2.05, 4.69) is 27.3 Å². The van der Waals surface area contributed by atoms with Gasteiger partial charge in [0.25, 0.3) is 0 Å². The minimum atomic E-state index is -0.473. The summed E-state index contributed by atoms with van der Waals surface area (Å²) in [6, 6.07) is 0. The number of hydrogen-bond acceptors (Lipinski definition) is 6. The third kappa shape index (κ3) is 2.51. The second-order valence-electron chi connectivity index (χ2n) is 4.41. The second kappa shape index (κ2) is 5.45. The number of hydrogen-bond donors (Lipinski definition) is 2. The Kier molecular flexibility index (Phi) is 3.93. The van der Waals surface area contributed by atoms with Crippen molar-refractivity contribution in [3.8, 4) is 0 Å². The van der Waals surface area contributed by atoms with Gasteiger partial charge in [0.15, 0.2) is 11.6 Å². The number of nitrogen functional groups attached to an aromatic ring is 1. The topological polar surface area (TPSA) is 70.3 Å². The van der Waals surface area contributed by atoms with Crippen LogP contribution in [0.2, 0.25) is 0 Å². The van der Waals surface area contributed by atoms with Gasteiger partial charge in [0.2, 0.25) is 5.82 Å². The van der Waals surface area contributed by atoms with Gasteiger partial charge in [-0.25, -0.2) is 15.8 Å². The van der Waals surface area contributed by atoms with Crippen LogP contribution < -0.4 is 16.2 Å². The monoisotopic (exact) mass is 254 g/mol. The summed E-state index contributed by atoms with van der Waals surface area (Å²) in [5.74, 6) is 5.83. The lowest BCUT2D eigenvalue weighted by molar-refractivity contribution is 0.310. The first-order valence-electron chi connectivity index (χ1n) is 6.12. The van der Waals surface area contributed by atoms with Crippen LogP contribution in [0.25, 0.3) is 0 Å². The van der Waals surface area contributed by atoms with E-state index in [0.29, 0.717) is 18.1 Å². The number of aryl methyl sites for hydroxylation is 1. The molecule has 6 nitrogen and oxygen atoms in total. The summed E-state index contributed by atoms with van der Waals surface area (Å²) in [5, 5.41) is 0. The van der Waals surface area contributed by atoms with Crippen LogP contribution >= 0.6 is 0 Å². The Morgan fingerprint density at radius 1 is 1.28 bits per heavy atom. The smallest absolute Gasteiger partial charge is 0.209 e. The summed E-state index contributed by atoms with van der Waals surface area (Å²) in [6.07, 6.45) is 0.649. The van der Waals surface area contributed by atoms with Crippen LogP contribution in [-0.2, 0) is 6.42 Å². The van der Waals surface area contributed by atoms with Crippen LogP contribution in [0.5, 0.6) is 0 Å². The van der Waals surface area contributed by atoms with Gasteiger partial charge in [0.1, 0.15) is 5.82 Å². The molecule has 0 aliphatic carbocycles. The number of aromatic nitrogens is 2. The van der Waals surface area contributed by atoms with Crippen molar-refractivity contribution in [3.05, 3.63) is 11.6 Å². The van der Waals surface area contributed by atoms with Gasteiger partial charge in [-0.05, 0) is 7.05 Å². The highest BCUT2D eigenvalue weighted by atomic mass is 19.1. The molecule has 1 aromatic heterocycles. The van der Waals surface area contributed by atoms with E-state index in [1.54, 1.807) is 0 Å². The zero-order valence-corrected chi connectivity index (χ0v) is 10.8. The van der Waals surface area contributed by atoms with E-state index in [-0.39, 0.29) is 5.82 Å². The average molecular weight is 254 g/mol. The van der Waals surface area contributed by atoms with Crippen molar-refractivity contribution in [3.63, 3.8) is 0 Å². The minimum absolute atomic E-state index is 0.0655. The maximum atomic E-state index is 14.1. The molecule has 0 radical (unpaired) electrons. The van der Waals surface area contributed by atoms with Crippen molar-refractivity contribution in [2.45, 2.75) is 13.3 Å². The molecule has 1 aliphatic heterocycles. The first-order valence-corrected chi connectivity index (χ1v) is 6.12. The van der Waals surface area contributed by atoms with Gasteiger partial charge in [-0.1, -0.05) is 6.92 Å². The highest BCUT2D eigenvalue weighted by Crippen LogP contribution is 2.23. The van der Waals surface area contributed by atoms with Gasteiger partial charge < -0.3 is 15.2 Å². The van der Waals surface area contributed by atoms with E-state index < -0.39 is 5.82 Å². The van der Waals surface area contributed by atoms with Crippen molar-refractivity contribution in [1.82, 2.24) is 14.9 Å². The SMILES string of the molecule is CCc1nc(NN)c(F)c(N2CCN(C)CC2)n1. The van der Waals surface area contributed by atoms with Crippen LogP contribution in [0.1, 0.15) is 12.7 Å². The maximum absolute atomic E-state index is 14.1. The Balaban J connectivity index is 2.31. The summed E-state index contributed by atoms with van der Waals surface area (Å²) < 4.78 is 14.1. The summed E-state index contributed by atoms with van der Waals surface area (Å²) in [4.78, 5) is 12.4. The first-order chi connectivity index (χ1) is 8.65. The highest BCUT2D eigenvalue weighted by Gasteiger charge is 2.22. The van der Waals surface area contributed by atoms with Gasteiger partial charge >= 0.3 is 0 Å². The van der Waals surface area contributed by atoms with E-state index in [1.165, 1.54) is 0 Å². The van der Waals surface area contributed by atoms with Crippen molar-refractivity contribution in [1.29, 1.82) is 0 Å². The predicted molar refractivity (Wildman–Crippen MR) is 68.9 cm³/mol.